The lowest BCUT2D eigenvalue weighted by Crippen LogP contribution is -1.89. The quantitative estimate of drug-likeness (QED) is 0.241. The number of rotatable bonds is 0. The Hall–Kier alpha value is -1.84. The first-order chi connectivity index (χ1) is 12.5. The maximum atomic E-state index is 6.14. The Labute approximate surface area is 168 Å². The molecular formula is C20H8Cl4N2. The molecule has 0 aliphatic heterocycles. The fourth-order valence-electron chi connectivity index (χ4n) is 3.16. The number of benzene rings is 4. The minimum Gasteiger partial charge on any atom is -0.244 e. The van der Waals surface area contributed by atoms with Gasteiger partial charge in [0.25, 0.3) is 0 Å². The van der Waals surface area contributed by atoms with E-state index in [0.717, 1.165) is 43.6 Å². The molecule has 1 heterocycles. The molecule has 0 saturated carbocycles. The Morgan fingerprint density at radius 1 is 0.385 bits per heavy atom. The Kier molecular flexibility index (Phi) is 3.67. The predicted molar refractivity (Wildman–Crippen MR) is 112 cm³/mol. The molecule has 0 spiro atoms. The first kappa shape index (κ1) is 16.3. The van der Waals surface area contributed by atoms with Gasteiger partial charge < -0.3 is 0 Å². The molecule has 6 heteroatoms. The molecule has 0 bridgehead atoms. The van der Waals surface area contributed by atoms with E-state index in [1.54, 1.807) is 0 Å². The van der Waals surface area contributed by atoms with Crippen molar-refractivity contribution in [2.24, 2.45) is 0 Å². The number of fused-ring (bicyclic) bond motifs is 4. The summed E-state index contributed by atoms with van der Waals surface area (Å²) in [7, 11) is 0. The van der Waals surface area contributed by atoms with Gasteiger partial charge in [-0.3, -0.25) is 0 Å². The number of aromatic nitrogens is 2. The lowest BCUT2D eigenvalue weighted by atomic mass is 10.1. The number of halogens is 4. The van der Waals surface area contributed by atoms with E-state index in [4.69, 9.17) is 56.4 Å². The summed E-state index contributed by atoms with van der Waals surface area (Å²) in [6.45, 7) is 0. The highest BCUT2D eigenvalue weighted by Crippen LogP contribution is 2.32. The van der Waals surface area contributed by atoms with Crippen LogP contribution in [0.15, 0.2) is 48.5 Å². The van der Waals surface area contributed by atoms with Gasteiger partial charge in [-0.2, -0.15) is 0 Å². The molecule has 0 N–H and O–H groups in total. The third kappa shape index (κ3) is 2.57. The lowest BCUT2D eigenvalue weighted by Gasteiger charge is -2.07. The van der Waals surface area contributed by atoms with Crippen molar-refractivity contribution in [1.29, 1.82) is 0 Å². The number of nitrogens with zero attached hydrogens (tertiary/aromatic N) is 2. The van der Waals surface area contributed by atoms with Crippen LogP contribution < -0.4 is 0 Å². The van der Waals surface area contributed by atoms with E-state index in [9.17, 15) is 0 Å². The van der Waals surface area contributed by atoms with E-state index >= 15 is 0 Å². The van der Waals surface area contributed by atoms with Gasteiger partial charge in [0, 0.05) is 0 Å². The molecule has 0 aliphatic carbocycles. The van der Waals surface area contributed by atoms with Gasteiger partial charge >= 0.3 is 0 Å². The maximum Gasteiger partial charge on any atom is 0.0901 e. The standard InChI is InChI=1S/C20H8Cl4N2/c21-13-1-9-5-17-18(6-10(9)2-14(13)22)26-20-8-12-4-16(24)15(23)3-11(12)7-19(20)25-17/h1-8H. The maximum absolute atomic E-state index is 6.14. The second-order valence-electron chi connectivity index (χ2n) is 6.13. The van der Waals surface area contributed by atoms with Crippen molar-refractivity contribution in [1.82, 2.24) is 9.97 Å². The van der Waals surface area contributed by atoms with E-state index in [-0.39, 0.29) is 0 Å². The Morgan fingerprint density at radius 3 is 0.846 bits per heavy atom. The van der Waals surface area contributed by atoms with E-state index in [0.29, 0.717) is 20.1 Å². The van der Waals surface area contributed by atoms with Gasteiger partial charge in [-0.05, 0) is 70.1 Å². The highest BCUT2D eigenvalue weighted by atomic mass is 35.5. The van der Waals surface area contributed by atoms with Crippen LogP contribution in [0.25, 0.3) is 43.6 Å². The molecule has 0 aliphatic rings. The van der Waals surface area contributed by atoms with Crippen LogP contribution in [0.3, 0.4) is 0 Å². The second kappa shape index (κ2) is 5.83. The summed E-state index contributed by atoms with van der Waals surface area (Å²) in [6.07, 6.45) is 0. The van der Waals surface area contributed by atoms with Crippen LogP contribution in [0.2, 0.25) is 20.1 Å². The van der Waals surface area contributed by atoms with Crippen molar-refractivity contribution >= 4 is 90.0 Å². The minimum atomic E-state index is 0.518. The predicted octanol–water partition coefficient (Wildman–Crippen LogP) is 7.70. The van der Waals surface area contributed by atoms with Crippen LogP contribution in [0.1, 0.15) is 0 Å². The number of hydrogen-bond acceptors (Lipinski definition) is 2. The molecule has 5 rings (SSSR count). The molecule has 2 nitrogen and oxygen atoms in total. The molecule has 5 aromatic rings. The normalized spacial score (nSPS) is 11.8. The fourth-order valence-corrected chi connectivity index (χ4v) is 3.85. The zero-order valence-corrected chi connectivity index (χ0v) is 16.0. The van der Waals surface area contributed by atoms with Gasteiger partial charge in [-0.15, -0.1) is 0 Å². The van der Waals surface area contributed by atoms with Crippen molar-refractivity contribution in [2.75, 3.05) is 0 Å². The SMILES string of the molecule is Clc1cc2cc3nc4cc5cc(Cl)c(Cl)cc5cc4nc3cc2cc1Cl. The largest absolute Gasteiger partial charge is 0.244 e. The third-order valence-electron chi connectivity index (χ3n) is 4.43. The summed E-state index contributed by atoms with van der Waals surface area (Å²) in [5.41, 5.74) is 3.18. The Bertz CT molecular complexity index is 1170. The molecule has 0 unspecified atom stereocenters. The van der Waals surface area contributed by atoms with Crippen LogP contribution >= 0.6 is 46.4 Å². The third-order valence-corrected chi connectivity index (χ3v) is 5.87. The zero-order chi connectivity index (χ0) is 18.0. The van der Waals surface area contributed by atoms with Gasteiger partial charge in [0.05, 0.1) is 42.2 Å². The average molecular weight is 418 g/mol. The summed E-state index contributed by atoms with van der Waals surface area (Å²) in [4.78, 5) is 9.53. The van der Waals surface area contributed by atoms with Crippen LogP contribution in [0.5, 0.6) is 0 Å². The van der Waals surface area contributed by atoms with E-state index < -0.39 is 0 Å². The smallest absolute Gasteiger partial charge is 0.0901 e. The molecule has 0 radical (unpaired) electrons. The average Bonchev–Trinajstić information content (AvgIpc) is 2.59. The molecule has 0 fully saturated rings. The molecule has 126 valence electrons. The van der Waals surface area contributed by atoms with E-state index in [1.807, 2.05) is 48.5 Å². The molecule has 0 amide bonds. The Balaban J connectivity index is 1.86. The molecule has 0 saturated heterocycles. The summed E-state index contributed by atoms with van der Waals surface area (Å²) < 4.78 is 0. The van der Waals surface area contributed by atoms with Gasteiger partial charge in [-0.25, -0.2) is 9.97 Å². The highest BCUT2D eigenvalue weighted by molar-refractivity contribution is 6.43. The molecule has 1 aromatic heterocycles. The van der Waals surface area contributed by atoms with Gasteiger partial charge in [-0.1, -0.05) is 46.4 Å². The van der Waals surface area contributed by atoms with Crippen LogP contribution in [0, 0.1) is 0 Å². The summed E-state index contributed by atoms with van der Waals surface area (Å²) in [5.74, 6) is 0. The monoisotopic (exact) mass is 416 g/mol. The van der Waals surface area contributed by atoms with Crippen molar-refractivity contribution in [3.05, 3.63) is 68.6 Å². The van der Waals surface area contributed by atoms with Gasteiger partial charge in [0.2, 0.25) is 0 Å². The van der Waals surface area contributed by atoms with E-state index in [2.05, 4.69) is 0 Å². The molecule has 0 atom stereocenters. The second-order valence-corrected chi connectivity index (χ2v) is 7.76. The molecular weight excluding hydrogens is 410 g/mol. The van der Waals surface area contributed by atoms with Crippen LogP contribution in [-0.4, -0.2) is 9.97 Å². The molecule has 4 aromatic carbocycles. The fraction of sp³-hybridized carbons (Fsp3) is 0. The number of hydrogen-bond donors (Lipinski definition) is 0. The summed E-state index contributed by atoms with van der Waals surface area (Å²) in [6, 6.07) is 15.2. The highest BCUT2D eigenvalue weighted by Gasteiger charge is 2.09. The van der Waals surface area contributed by atoms with Crippen LogP contribution in [-0.2, 0) is 0 Å². The minimum absolute atomic E-state index is 0.518. The van der Waals surface area contributed by atoms with Crippen molar-refractivity contribution in [3.8, 4) is 0 Å². The topological polar surface area (TPSA) is 25.8 Å². The van der Waals surface area contributed by atoms with Crippen molar-refractivity contribution < 1.29 is 0 Å². The first-order valence-corrected chi connectivity index (χ1v) is 9.28. The summed E-state index contributed by atoms with van der Waals surface area (Å²) >= 11 is 24.5. The zero-order valence-electron chi connectivity index (χ0n) is 13.0. The van der Waals surface area contributed by atoms with Crippen LogP contribution in [0.4, 0.5) is 0 Å². The first-order valence-electron chi connectivity index (χ1n) is 7.77. The lowest BCUT2D eigenvalue weighted by molar-refractivity contribution is 1.41. The molecule has 26 heavy (non-hydrogen) atoms. The van der Waals surface area contributed by atoms with E-state index in [1.165, 1.54) is 0 Å². The van der Waals surface area contributed by atoms with Crippen molar-refractivity contribution in [2.45, 2.75) is 0 Å². The van der Waals surface area contributed by atoms with Crippen molar-refractivity contribution in [3.63, 3.8) is 0 Å². The Morgan fingerprint density at radius 2 is 0.615 bits per heavy atom. The van der Waals surface area contributed by atoms with Gasteiger partial charge in [0.1, 0.15) is 0 Å². The summed E-state index contributed by atoms with van der Waals surface area (Å²) in [5, 5.41) is 5.95. The van der Waals surface area contributed by atoms with Gasteiger partial charge in [0.15, 0.2) is 0 Å².